The number of fused-ring (bicyclic) bond motifs is 1. The van der Waals surface area contributed by atoms with E-state index in [1.54, 1.807) is 7.11 Å². The molecule has 2 N–H and O–H groups in total. The second-order valence-corrected chi connectivity index (χ2v) is 4.82. The molecule has 2 aromatic rings. The maximum absolute atomic E-state index is 6.05. The highest BCUT2D eigenvalue weighted by molar-refractivity contribution is 5.80. The molecular weight excluding hydrogens is 226 g/mol. The van der Waals surface area contributed by atoms with Crippen molar-refractivity contribution in [3.05, 3.63) is 18.2 Å². The monoisotopic (exact) mass is 247 g/mol. The molecule has 2 rings (SSSR count). The number of nitrogens with zero attached hydrogens (tertiary/aromatic N) is 2. The summed E-state index contributed by atoms with van der Waals surface area (Å²) in [6.07, 6.45) is 1.12. The van der Waals surface area contributed by atoms with Crippen LogP contribution in [-0.4, -0.2) is 16.7 Å². The number of hydrogen-bond acceptors (Lipinski definition) is 3. The highest BCUT2D eigenvalue weighted by Gasteiger charge is 2.18. The largest absolute Gasteiger partial charge is 0.497 e. The molecule has 0 amide bonds. The number of nitrogen functional groups attached to an aromatic ring is 1. The van der Waals surface area contributed by atoms with Gasteiger partial charge in [-0.3, -0.25) is 0 Å². The molecule has 0 aliphatic carbocycles. The molecule has 98 valence electrons. The van der Waals surface area contributed by atoms with E-state index in [2.05, 4.69) is 30.3 Å². The Kier molecular flexibility index (Phi) is 3.45. The summed E-state index contributed by atoms with van der Waals surface area (Å²) in [4.78, 5) is 4.42. The lowest BCUT2D eigenvalue weighted by atomic mass is 10.0. The van der Waals surface area contributed by atoms with Crippen LogP contribution in [0.5, 0.6) is 5.75 Å². The van der Waals surface area contributed by atoms with Gasteiger partial charge in [0.1, 0.15) is 5.75 Å². The summed E-state index contributed by atoms with van der Waals surface area (Å²) < 4.78 is 7.32. The van der Waals surface area contributed by atoms with Crippen molar-refractivity contribution in [1.29, 1.82) is 0 Å². The maximum Gasteiger partial charge on any atom is 0.201 e. The van der Waals surface area contributed by atoms with Crippen LogP contribution in [0.3, 0.4) is 0 Å². The Balaban J connectivity index is 2.54. The third-order valence-electron chi connectivity index (χ3n) is 3.80. The molecule has 0 fully saturated rings. The maximum atomic E-state index is 6.05. The van der Waals surface area contributed by atoms with Gasteiger partial charge in [-0.05, 0) is 25.0 Å². The molecule has 18 heavy (non-hydrogen) atoms. The zero-order valence-electron chi connectivity index (χ0n) is 11.5. The lowest BCUT2D eigenvalue weighted by Crippen LogP contribution is -2.15. The number of imidazole rings is 1. The van der Waals surface area contributed by atoms with Crippen LogP contribution >= 0.6 is 0 Å². The number of ether oxygens (including phenoxy) is 1. The van der Waals surface area contributed by atoms with Crippen LogP contribution in [0.2, 0.25) is 0 Å². The summed E-state index contributed by atoms with van der Waals surface area (Å²) >= 11 is 0. The Bertz CT molecular complexity index is 547. The second-order valence-electron chi connectivity index (χ2n) is 4.82. The van der Waals surface area contributed by atoms with Crippen LogP contribution in [0.15, 0.2) is 18.2 Å². The third-order valence-corrected chi connectivity index (χ3v) is 3.80. The minimum atomic E-state index is 0.341. The number of methoxy groups -OCH3 is 1. The summed E-state index contributed by atoms with van der Waals surface area (Å²) in [5.74, 6) is 1.95. The fraction of sp³-hybridized carbons (Fsp3) is 0.500. The normalized spacial score (nSPS) is 14.7. The Hall–Kier alpha value is -1.71. The molecule has 0 bridgehead atoms. The average Bonchev–Trinajstić information content (AvgIpc) is 2.71. The van der Waals surface area contributed by atoms with Crippen molar-refractivity contribution in [2.24, 2.45) is 5.92 Å². The molecule has 4 heteroatoms. The van der Waals surface area contributed by atoms with Crippen LogP contribution in [0.25, 0.3) is 11.0 Å². The SMILES string of the molecule is CCC(C)C(C)n1c(N)nc2cc(OC)ccc21. The molecule has 1 aromatic heterocycles. The van der Waals surface area contributed by atoms with Crippen molar-refractivity contribution < 1.29 is 4.74 Å². The number of benzene rings is 1. The van der Waals surface area contributed by atoms with E-state index in [1.165, 1.54) is 0 Å². The van der Waals surface area contributed by atoms with E-state index >= 15 is 0 Å². The second kappa shape index (κ2) is 4.88. The van der Waals surface area contributed by atoms with Gasteiger partial charge in [-0.15, -0.1) is 0 Å². The van der Waals surface area contributed by atoms with E-state index in [0.717, 1.165) is 23.2 Å². The van der Waals surface area contributed by atoms with E-state index in [4.69, 9.17) is 10.5 Å². The first-order valence-corrected chi connectivity index (χ1v) is 6.40. The lowest BCUT2D eigenvalue weighted by molar-refractivity contribution is 0.381. The van der Waals surface area contributed by atoms with E-state index in [1.807, 2.05) is 18.2 Å². The fourth-order valence-electron chi connectivity index (χ4n) is 2.25. The van der Waals surface area contributed by atoms with Crippen molar-refractivity contribution in [1.82, 2.24) is 9.55 Å². The summed E-state index contributed by atoms with van der Waals surface area (Å²) in [6.45, 7) is 6.62. The zero-order valence-corrected chi connectivity index (χ0v) is 11.5. The molecule has 2 unspecified atom stereocenters. The molecule has 2 atom stereocenters. The van der Waals surface area contributed by atoms with Gasteiger partial charge in [0.05, 0.1) is 18.1 Å². The van der Waals surface area contributed by atoms with Gasteiger partial charge >= 0.3 is 0 Å². The van der Waals surface area contributed by atoms with Gasteiger partial charge in [0.2, 0.25) is 5.95 Å². The van der Waals surface area contributed by atoms with Crippen LogP contribution < -0.4 is 10.5 Å². The fourth-order valence-corrected chi connectivity index (χ4v) is 2.25. The van der Waals surface area contributed by atoms with Crippen LogP contribution in [0, 0.1) is 5.92 Å². The topological polar surface area (TPSA) is 53.1 Å². The highest BCUT2D eigenvalue weighted by Crippen LogP contribution is 2.30. The van der Waals surface area contributed by atoms with Crippen LogP contribution in [-0.2, 0) is 0 Å². The van der Waals surface area contributed by atoms with E-state index < -0.39 is 0 Å². The summed E-state index contributed by atoms with van der Waals surface area (Å²) in [5.41, 5.74) is 8.01. The van der Waals surface area contributed by atoms with Gasteiger partial charge in [-0.25, -0.2) is 4.98 Å². The van der Waals surface area contributed by atoms with Gasteiger partial charge in [-0.2, -0.15) is 0 Å². The minimum Gasteiger partial charge on any atom is -0.497 e. The molecule has 0 spiro atoms. The number of hydrogen-bond donors (Lipinski definition) is 1. The molecule has 0 radical (unpaired) electrons. The van der Waals surface area contributed by atoms with Crippen LogP contribution in [0.4, 0.5) is 5.95 Å². The first-order chi connectivity index (χ1) is 8.58. The standard InChI is InChI=1S/C14H21N3O/c1-5-9(2)10(3)17-13-7-6-11(18-4)8-12(13)16-14(17)15/h6-10H,5H2,1-4H3,(H2,15,16). The number of anilines is 1. The third kappa shape index (κ3) is 2.03. The van der Waals surface area contributed by atoms with Gasteiger partial charge in [0, 0.05) is 12.1 Å². The minimum absolute atomic E-state index is 0.341. The van der Waals surface area contributed by atoms with Crippen molar-refractivity contribution in [3.8, 4) is 5.75 Å². The molecule has 4 nitrogen and oxygen atoms in total. The van der Waals surface area contributed by atoms with E-state index in [9.17, 15) is 0 Å². The number of rotatable bonds is 4. The molecule has 0 saturated heterocycles. The van der Waals surface area contributed by atoms with E-state index in [-0.39, 0.29) is 0 Å². The molecule has 1 aromatic carbocycles. The molecule has 0 aliphatic rings. The average molecular weight is 247 g/mol. The van der Waals surface area contributed by atoms with E-state index in [0.29, 0.717) is 17.9 Å². The predicted octanol–water partition coefficient (Wildman–Crippen LogP) is 3.23. The molecule has 0 aliphatic heterocycles. The van der Waals surface area contributed by atoms with Gasteiger partial charge in [0.15, 0.2) is 0 Å². The van der Waals surface area contributed by atoms with Gasteiger partial charge in [0.25, 0.3) is 0 Å². The molecule has 0 saturated carbocycles. The quantitative estimate of drug-likeness (QED) is 0.902. The predicted molar refractivity (Wildman–Crippen MR) is 74.9 cm³/mol. The first-order valence-electron chi connectivity index (χ1n) is 6.40. The van der Waals surface area contributed by atoms with Gasteiger partial charge < -0.3 is 15.0 Å². The lowest BCUT2D eigenvalue weighted by Gasteiger charge is -2.21. The van der Waals surface area contributed by atoms with Crippen molar-refractivity contribution in [2.75, 3.05) is 12.8 Å². The Labute approximate surface area is 108 Å². The van der Waals surface area contributed by atoms with Crippen LogP contribution in [0.1, 0.15) is 33.2 Å². The smallest absolute Gasteiger partial charge is 0.201 e. The Morgan fingerprint density at radius 1 is 1.39 bits per heavy atom. The van der Waals surface area contributed by atoms with Crippen molar-refractivity contribution in [2.45, 2.75) is 33.2 Å². The number of aromatic nitrogens is 2. The molecule has 1 heterocycles. The summed E-state index contributed by atoms with van der Waals surface area (Å²) in [6, 6.07) is 6.24. The highest BCUT2D eigenvalue weighted by atomic mass is 16.5. The summed E-state index contributed by atoms with van der Waals surface area (Å²) in [7, 11) is 1.66. The zero-order chi connectivity index (χ0) is 13.3. The van der Waals surface area contributed by atoms with Gasteiger partial charge in [-0.1, -0.05) is 20.3 Å². The number of nitrogens with two attached hydrogens (primary N) is 1. The summed E-state index contributed by atoms with van der Waals surface area (Å²) in [5, 5.41) is 0. The Morgan fingerprint density at radius 3 is 2.72 bits per heavy atom. The van der Waals surface area contributed by atoms with Crippen molar-refractivity contribution in [3.63, 3.8) is 0 Å². The Morgan fingerprint density at radius 2 is 2.11 bits per heavy atom. The molecular formula is C14H21N3O. The first kappa shape index (κ1) is 12.7. The van der Waals surface area contributed by atoms with Crippen molar-refractivity contribution >= 4 is 17.0 Å².